The van der Waals surface area contributed by atoms with Crippen LogP contribution in [0.4, 0.5) is 0 Å². The number of hydrogen-bond donors (Lipinski definition) is 2. The molecule has 1 heterocycles. The fraction of sp³-hybridized carbons (Fsp3) is 0.562. The molecule has 110 valence electrons. The Labute approximate surface area is 121 Å². The maximum absolute atomic E-state index is 11.5. The minimum Gasteiger partial charge on any atom is -0.366 e. The molecule has 1 aromatic carbocycles. The Morgan fingerprint density at radius 3 is 2.70 bits per heavy atom. The highest BCUT2D eigenvalue weighted by atomic mass is 16.1. The third-order valence-electron chi connectivity index (χ3n) is 3.99. The fourth-order valence-corrected chi connectivity index (χ4v) is 2.97. The summed E-state index contributed by atoms with van der Waals surface area (Å²) < 4.78 is 0. The summed E-state index contributed by atoms with van der Waals surface area (Å²) in [7, 11) is 0. The molecular weight excluding hydrogens is 250 g/mol. The highest BCUT2D eigenvalue weighted by Crippen LogP contribution is 2.18. The van der Waals surface area contributed by atoms with Crippen molar-refractivity contribution in [3.05, 3.63) is 35.4 Å². The van der Waals surface area contributed by atoms with Gasteiger partial charge in [-0.05, 0) is 50.5 Å². The summed E-state index contributed by atoms with van der Waals surface area (Å²) >= 11 is 0. The minimum atomic E-state index is -0.331. The monoisotopic (exact) mass is 275 g/mol. The molecule has 0 aliphatic carbocycles. The van der Waals surface area contributed by atoms with Gasteiger partial charge in [0.1, 0.15) is 0 Å². The Morgan fingerprint density at radius 2 is 2.05 bits per heavy atom. The summed E-state index contributed by atoms with van der Waals surface area (Å²) in [6, 6.07) is 8.30. The predicted molar refractivity (Wildman–Crippen MR) is 81.6 cm³/mol. The highest BCUT2D eigenvalue weighted by Gasteiger charge is 2.21. The molecule has 1 aromatic rings. The van der Waals surface area contributed by atoms with E-state index < -0.39 is 0 Å². The van der Waals surface area contributed by atoms with Crippen LogP contribution in [0.3, 0.4) is 0 Å². The van der Waals surface area contributed by atoms with Gasteiger partial charge in [-0.15, -0.1) is 0 Å². The average Bonchev–Trinajstić information content (AvgIpc) is 2.48. The first-order chi connectivity index (χ1) is 9.72. The van der Waals surface area contributed by atoms with Crippen LogP contribution < -0.4 is 11.1 Å². The number of hydrogen-bond acceptors (Lipinski definition) is 3. The molecule has 1 amide bonds. The van der Waals surface area contributed by atoms with Crippen molar-refractivity contribution in [1.82, 2.24) is 10.2 Å². The number of rotatable bonds is 6. The van der Waals surface area contributed by atoms with Crippen LogP contribution in [0.25, 0.3) is 0 Å². The third-order valence-corrected chi connectivity index (χ3v) is 3.99. The van der Waals surface area contributed by atoms with Crippen LogP contribution in [0.15, 0.2) is 24.3 Å². The minimum absolute atomic E-state index is 0.331. The fourth-order valence-electron chi connectivity index (χ4n) is 2.97. The number of carbonyl (C=O) groups is 1. The normalized spacial score (nSPS) is 16.5. The van der Waals surface area contributed by atoms with E-state index in [2.05, 4.69) is 17.1 Å². The summed E-state index contributed by atoms with van der Waals surface area (Å²) in [5, 5.41) is 3.40. The van der Waals surface area contributed by atoms with Crippen molar-refractivity contribution in [3.63, 3.8) is 0 Å². The Morgan fingerprint density at radius 1 is 1.35 bits per heavy atom. The zero-order valence-electron chi connectivity index (χ0n) is 12.3. The summed E-state index contributed by atoms with van der Waals surface area (Å²) in [5.74, 6) is -0.331. The number of nitrogens with zero attached hydrogens (tertiary/aromatic N) is 1. The predicted octanol–water partition coefficient (Wildman–Crippen LogP) is 1.75. The molecule has 1 fully saturated rings. The van der Waals surface area contributed by atoms with Crippen molar-refractivity contribution in [2.75, 3.05) is 19.6 Å². The second-order valence-corrected chi connectivity index (χ2v) is 5.47. The van der Waals surface area contributed by atoms with E-state index in [0.29, 0.717) is 11.6 Å². The number of nitrogens with one attached hydrogen (secondary N) is 1. The van der Waals surface area contributed by atoms with E-state index in [4.69, 9.17) is 5.73 Å². The van der Waals surface area contributed by atoms with E-state index in [1.165, 1.54) is 12.8 Å². The van der Waals surface area contributed by atoms with Crippen LogP contribution in [-0.4, -0.2) is 36.5 Å². The summed E-state index contributed by atoms with van der Waals surface area (Å²) in [6.07, 6.45) is 3.49. The van der Waals surface area contributed by atoms with Crippen molar-refractivity contribution < 1.29 is 4.79 Å². The highest BCUT2D eigenvalue weighted by molar-refractivity contribution is 5.94. The van der Waals surface area contributed by atoms with Crippen molar-refractivity contribution >= 4 is 5.91 Å². The second kappa shape index (κ2) is 7.41. The molecular formula is C16H25N3O. The molecule has 1 saturated heterocycles. The molecule has 0 aromatic heterocycles. The van der Waals surface area contributed by atoms with E-state index in [0.717, 1.165) is 38.2 Å². The van der Waals surface area contributed by atoms with Gasteiger partial charge in [0.15, 0.2) is 0 Å². The quantitative estimate of drug-likeness (QED) is 0.831. The first-order valence-corrected chi connectivity index (χ1v) is 7.55. The van der Waals surface area contributed by atoms with Crippen molar-refractivity contribution in [2.24, 2.45) is 5.73 Å². The number of piperidine rings is 1. The molecule has 0 bridgehead atoms. The van der Waals surface area contributed by atoms with Gasteiger partial charge < -0.3 is 11.1 Å². The number of amides is 1. The Kier molecular flexibility index (Phi) is 5.56. The van der Waals surface area contributed by atoms with Crippen LogP contribution >= 0.6 is 0 Å². The molecule has 20 heavy (non-hydrogen) atoms. The molecule has 0 atom stereocenters. The van der Waals surface area contributed by atoms with Gasteiger partial charge in [-0.3, -0.25) is 9.69 Å². The van der Waals surface area contributed by atoms with Crippen LogP contribution in [-0.2, 0) is 6.54 Å². The Bertz CT molecular complexity index is 441. The van der Waals surface area contributed by atoms with E-state index >= 15 is 0 Å². The largest absolute Gasteiger partial charge is 0.366 e. The van der Waals surface area contributed by atoms with Crippen molar-refractivity contribution in [2.45, 2.75) is 38.8 Å². The molecule has 0 radical (unpaired) electrons. The number of nitrogens with two attached hydrogens (primary N) is 1. The number of carbonyl (C=O) groups excluding carboxylic acids is 1. The SMILES string of the molecule is CCCN(Cc1ccccc1C(N)=O)C1CCNCC1. The first kappa shape index (κ1) is 15.0. The van der Waals surface area contributed by atoms with E-state index in [1.807, 2.05) is 24.3 Å². The number of primary amides is 1. The molecule has 0 saturated carbocycles. The van der Waals surface area contributed by atoms with Gasteiger partial charge in [0.25, 0.3) is 0 Å². The number of benzene rings is 1. The van der Waals surface area contributed by atoms with E-state index in [-0.39, 0.29) is 5.91 Å². The Balaban J connectivity index is 2.13. The van der Waals surface area contributed by atoms with Crippen LogP contribution in [0.5, 0.6) is 0 Å². The second-order valence-electron chi connectivity index (χ2n) is 5.47. The maximum atomic E-state index is 11.5. The van der Waals surface area contributed by atoms with Gasteiger partial charge in [0, 0.05) is 18.2 Å². The van der Waals surface area contributed by atoms with Gasteiger partial charge in [-0.2, -0.15) is 0 Å². The lowest BCUT2D eigenvalue weighted by Gasteiger charge is -2.34. The van der Waals surface area contributed by atoms with Gasteiger partial charge in [0.2, 0.25) is 5.91 Å². The zero-order chi connectivity index (χ0) is 14.4. The molecule has 1 aliphatic rings. The standard InChI is InChI=1S/C16H25N3O/c1-2-11-19(14-7-9-18-10-8-14)12-13-5-3-4-6-15(13)16(17)20/h3-6,14,18H,2,7-12H2,1H3,(H2,17,20). The summed E-state index contributed by atoms with van der Waals surface area (Å²) in [4.78, 5) is 14.0. The molecule has 0 spiro atoms. The zero-order valence-corrected chi connectivity index (χ0v) is 12.3. The van der Waals surface area contributed by atoms with Gasteiger partial charge in [0.05, 0.1) is 0 Å². The lowest BCUT2D eigenvalue weighted by molar-refractivity contribution is 0.0996. The molecule has 2 rings (SSSR count). The maximum Gasteiger partial charge on any atom is 0.249 e. The van der Waals surface area contributed by atoms with Crippen LogP contribution in [0.2, 0.25) is 0 Å². The lowest BCUT2D eigenvalue weighted by Crippen LogP contribution is -2.43. The smallest absolute Gasteiger partial charge is 0.249 e. The average molecular weight is 275 g/mol. The van der Waals surface area contributed by atoms with Gasteiger partial charge in [-0.1, -0.05) is 25.1 Å². The summed E-state index contributed by atoms with van der Waals surface area (Å²) in [6.45, 7) is 6.26. The van der Waals surface area contributed by atoms with Crippen LogP contribution in [0, 0.1) is 0 Å². The van der Waals surface area contributed by atoms with E-state index in [9.17, 15) is 4.79 Å². The van der Waals surface area contributed by atoms with Crippen LogP contribution in [0.1, 0.15) is 42.1 Å². The molecule has 4 heteroatoms. The van der Waals surface area contributed by atoms with E-state index in [1.54, 1.807) is 0 Å². The Hall–Kier alpha value is -1.39. The molecule has 4 nitrogen and oxygen atoms in total. The molecule has 0 unspecified atom stereocenters. The van der Waals surface area contributed by atoms with Crippen molar-refractivity contribution in [3.8, 4) is 0 Å². The van der Waals surface area contributed by atoms with Gasteiger partial charge in [-0.25, -0.2) is 0 Å². The summed E-state index contributed by atoms with van der Waals surface area (Å²) in [5.41, 5.74) is 7.18. The lowest BCUT2D eigenvalue weighted by atomic mass is 10.0. The third kappa shape index (κ3) is 3.81. The first-order valence-electron chi connectivity index (χ1n) is 7.55. The van der Waals surface area contributed by atoms with Crippen molar-refractivity contribution in [1.29, 1.82) is 0 Å². The molecule has 3 N–H and O–H groups in total. The molecule has 1 aliphatic heterocycles. The van der Waals surface area contributed by atoms with Gasteiger partial charge >= 0.3 is 0 Å². The topological polar surface area (TPSA) is 58.4 Å².